The molecule has 2 N–H and O–H groups in total. The van der Waals surface area contributed by atoms with Crippen molar-refractivity contribution in [3.05, 3.63) is 0 Å². The maximum Gasteiger partial charge on any atom is 0.221 e. The Bertz CT molecular complexity index is 231. The summed E-state index contributed by atoms with van der Waals surface area (Å²) in [7, 11) is 0. The Kier molecular flexibility index (Phi) is 5.22. The molecule has 0 radical (unpaired) electrons. The minimum atomic E-state index is 0.113. The first-order valence-corrected chi connectivity index (χ1v) is 6.16. The van der Waals surface area contributed by atoms with Gasteiger partial charge in [0.05, 0.1) is 6.10 Å². The molecule has 1 rings (SSSR count). The first-order chi connectivity index (χ1) is 7.49. The summed E-state index contributed by atoms with van der Waals surface area (Å²) >= 11 is 0. The molecule has 0 saturated carbocycles. The van der Waals surface area contributed by atoms with Gasteiger partial charge in [-0.05, 0) is 34.1 Å². The molecule has 16 heavy (non-hydrogen) atoms. The monoisotopic (exact) mass is 228 g/mol. The molecule has 1 heterocycles. The number of carbonyl (C=O) groups excluding carboxylic acids is 1. The molecule has 0 aromatic rings. The van der Waals surface area contributed by atoms with Crippen LogP contribution in [-0.4, -0.2) is 36.7 Å². The van der Waals surface area contributed by atoms with Gasteiger partial charge in [0, 0.05) is 31.2 Å². The third-order valence-corrected chi connectivity index (χ3v) is 2.82. The fourth-order valence-corrected chi connectivity index (χ4v) is 2.03. The van der Waals surface area contributed by atoms with Crippen LogP contribution in [0.5, 0.6) is 0 Å². The average molecular weight is 228 g/mol. The topological polar surface area (TPSA) is 50.4 Å². The highest BCUT2D eigenvalue weighted by Crippen LogP contribution is 2.13. The minimum Gasteiger partial charge on any atom is -0.377 e. The zero-order valence-electron chi connectivity index (χ0n) is 10.7. The number of nitrogens with one attached hydrogen (secondary N) is 2. The minimum absolute atomic E-state index is 0.113. The van der Waals surface area contributed by atoms with Crippen molar-refractivity contribution in [1.82, 2.24) is 10.6 Å². The van der Waals surface area contributed by atoms with Crippen LogP contribution in [0.4, 0.5) is 0 Å². The van der Waals surface area contributed by atoms with Gasteiger partial charge >= 0.3 is 0 Å². The molecule has 4 heteroatoms. The average Bonchev–Trinajstić information content (AvgIpc) is 2.49. The van der Waals surface area contributed by atoms with Crippen LogP contribution in [0.1, 0.15) is 40.5 Å². The largest absolute Gasteiger partial charge is 0.377 e. The van der Waals surface area contributed by atoms with Gasteiger partial charge < -0.3 is 15.4 Å². The molecule has 0 aromatic carbocycles. The summed E-state index contributed by atoms with van der Waals surface area (Å²) in [4.78, 5) is 11.5. The molecule has 4 nitrogen and oxygen atoms in total. The van der Waals surface area contributed by atoms with Gasteiger partial charge in [0.2, 0.25) is 5.91 Å². The number of hydrogen-bond donors (Lipinski definition) is 2. The van der Waals surface area contributed by atoms with E-state index in [1.54, 1.807) is 0 Å². The van der Waals surface area contributed by atoms with Gasteiger partial charge in [-0.25, -0.2) is 0 Å². The number of ether oxygens (including phenoxy) is 1. The lowest BCUT2D eigenvalue weighted by Gasteiger charge is -2.21. The predicted octanol–water partition coefficient (Wildman–Crippen LogP) is 1.06. The normalized spacial score (nSPS) is 27.1. The Balaban J connectivity index is 2.24. The highest BCUT2D eigenvalue weighted by Gasteiger charge is 2.25. The van der Waals surface area contributed by atoms with Gasteiger partial charge in [-0.3, -0.25) is 4.79 Å². The third-order valence-electron chi connectivity index (χ3n) is 2.82. The van der Waals surface area contributed by atoms with E-state index in [1.807, 2.05) is 20.8 Å². The summed E-state index contributed by atoms with van der Waals surface area (Å²) in [5.41, 5.74) is 0. The van der Waals surface area contributed by atoms with Gasteiger partial charge in [0.1, 0.15) is 0 Å². The Morgan fingerprint density at radius 3 is 2.62 bits per heavy atom. The highest BCUT2D eigenvalue weighted by atomic mass is 16.5. The maximum absolute atomic E-state index is 11.5. The van der Waals surface area contributed by atoms with Crippen molar-refractivity contribution in [3.63, 3.8) is 0 Å². The van der Waals surface area contributed by atoms with Crippen molar-refractivity contribution >= 4 is 5.91 Å². The molecule has 94 valence electrons. The zero-order valence-corrected chi connectivity index (χ0v) is 10.7. The molecule has 1 saturated heterocycles. The van der Waals surface area contributed by atoms with Crippen molar-refractivity contribution in [3.8, 4) is 0 Å². The summed E-state index contributed by atoms with van der Waals surface area (Å²) in [6.45, 7) is 8.89. The first-order valence-electron chi connectivity index (χ1n) is 6.16. The van der Waals surface area contributed by atoms with Crippen LogP contribution in [0.3, 0.4) is 0 Å². The Hall–Kier alpha value is -0.610. The molecule has 1 amide bonds. The fraction of sp³-hybridized carbons (Fsp3) is 0.917. The number of carbonyl (C=O) groups is 1. The predicted molar refractivity (Wildman–Crippen MR) is 64.3 cm³/mol. The van der Waals surface area contributed by atoms with Crippen molar-refractivity contribution < 1.29 is 9.53 Å². The molecule has 0 aromatic heterocycles. The van der Waals surface area contributed by atoms with Gasteiger partial charge in [0.15, 0.2) is 0 Å². The Morgan fingerprint density at radius 1 is 1.44 bits per heavy atom. The van der Waals surface area contributed by atoms with Crippen LogP contribution >= 0.6 is 0 Å². The molecule has 0 bridgehead atoms. The van der Waals surface area contributed by atoms with Crippen LogP contribution in [0, 0.1) is 0 Å². The number of rotatable bonds is 5. The van der Waals surface area contributed by atoms with Crippen LogP contribution in [-0.2, 0) is 9.53 Å². The maximum atomic E-state index is 11.5. The summed E-state index contributed by atoms with van der Waals surface area (Å²) in [5, 5.41) is 6.35. The second-order valence-electron chi connectivity index (χ2n) is 4.97. The van der Waals surface area contributed by atoms with Crippen LogP contribution in [0.2, 0.25) is 0 Å². The summed E-state index contributed by atoms with van der Waals surface area (Å²) in [5.74, 6) is 0.113. The smallest absolute Gasteiger partial charge is 0.221 e. The molecule has 1 aliphatic heterocycles. The van der Waals surface area contributed by atoms with Crippen molar-refractivity contribution in [2.45, 2.75) is 64.8 Å². The Labute approximate surface area is 98.1 Å². The molecule has 1 aliphatic rings. The van der Waals surface area contributed by atoms with E-state index in [0.717, 1.165) is 13.0 Å². The van der Waals surface area contributed by atoms with E-state index in [9.17, 15) is 4.79 Å². The van der Waals surface area contributed by atoms with E-state index >= 15 is 0 Å². The van der Waals surface area contributed by atoms with Gasteiger partial charge in [-0.1, -0.05) is 0 Å². The molecular weight excluding hydrogens is 204 g/mol. The summed E-state index contributed by atoms with van der Waals surface area (Å²) in [6.07, 6.45) is 1.83. The van der Waals surface area contributed by atoms with E-state index in [1.165, 1.54) is 0 Å². The van der Waals surface area contributed by atoms with Gasteiger partial charge in [-0.15, -0.1) is 0 Å². The lowest BCUT2D eigenvalue weighted by Crippen LogP contribution is -2.43. The van der Waals surface area contributed by atoms with E-state index in [2.05, 4.69) is 17.6 Å². The lowest BCUT2D eigenvalue weighted by molar-refractivity contribution is -0.122. The number of amides is 1. The van der Waals surface area contributed by atoms with E-state index in [-0.39, 0.29) is 24.1 Å². The van der Waals surface area contributed by atoms with Crippen LogP contribution in [0.25, 0.3) is 0 Å². The van der Waals surface area contributed by atoms with Crippen LogP contribution in [0.15, 0.2) is 0 Å². The molecule has 0 spiro atoms. The molecule has 3 atom stereocenters. The third kappa shape index (κ3) is 4.49. The summed E-state index contributed by atoms with van der Waals surface area (Å²) in [6, 6.07) is 0.809. The van der Waals surface area contributed by atoms with E-state index in [0.29, 0.717) is 12.5 Å². The SMILES string of the molecule is CC(C)NC(=O)CC(C)NC1CCOC1C. The first kappa shape index (κ1) is 13.5. The second kappa shape index (κ2) is 6.21. The van der Waals surface area contributed by atoms with Crippen molar-refractivity contribution in [2.24, 2.45) is 0 Å². The van der Waals surface area contributed by atoms with E-state index < -0.39 is 0 Å². The zero-order chi connectivity index (χ0) is 12.1. The summed E-state index contributed by atoms with van der Waals surface area (Å²) < 4.78 is 5.47. The lowest BCUT2D eigenvalue weighted by atomic mass is 10.1. The molecular formula is C12H24N2O2. The Morgan fingerprint density at radius 2 is 2.12 bits per heavy atom. The standard InChI is InChI=1S/C12H24N2O2/c1-8(2)13-12(15)7-9(3)14-11-5-6-16-10(11)4/h8-11,14H,5-7H2,1-4H3,(H,13,15). The molecule has 1 fully saturated rings. The fourth-order valence-electron chi connectivity index (χ4n) is 2.03. The van der Waals surface area contributed by atoms with Crippen molar-refractivity contribution in [2.75, 3.05) is 6.61 Å². The van der Waals surface area contributed by atoms with Crippen molar-refractivity contribution in [1.29, 1.82) is 0 Å². The van der Waals surface area contributed by atoms with Gasteiger partial charge in [-0.2, -0.15) is 0 Å². The molecule has 3 unspecified atom stereocenters. The quantitative estimate of drug-likeness (QED) is 0.739. The van der Waals surface area contributed by atoms with E-state index in [4.69, 9.17) is 4.74 Å². The highest BCUT2D eigenvalue weighted by molar-refractivity contribution is 5.76. The molecule has 0 aliphatic carbocycles. The van der Waals surface area contributed by atoms with Crippen LogP contribution < -0.4 is 10.6 Å². The number of hydrogen-bond acceptors (Lipinski definition) is 3. The second-order valence-corrected chi connectivity index (χ2v) is 4.97. The van der Waals surface area contributed by atoms with Gasteiger partial charge in [0.25, 0.3) is 0 Å².